The summed E-state index contributed by atoms with van der Waals surface area (Å²) in [5.41, 5.74) is 7.19. The third-order valence-electron chi connectivity index (χ3n) is 4.21. The predicted octanol–water partition coefficient (Wildman–Crippen LogP) is 5.76. The van der Waals surface area contributed by atoms with Crippen LogP contribution in [-0.4, -0.2) is 0 Å². The smallest absolute Gasteiger partial charge is 0.0119 e. The van der Waals surface area contributed by atoms with Gasteiger partial charge in [0.15, 0.2) is 0 Å². The Hall–Kier alpha value is -1.82. The van der Waals surface area contributed by atoms with Crippen LogP contribution in [0.4, 0.5) is 0 Å². The van der Waals surface area contributed by atoms with E-state index in [4.69, 9.17) is 0 Å². The Morgan fingerprint density at radius 3 is 1.95 bits per heavy atom. The molecular weight excluding hydrogens is 240 g/mol. The van der Waals surface area contributed by atoms with Crippen molar-refractivity contribution in [2.24, 2.45) is 0 Å². The van der Waals surface area contributed by atoms with Gasteiger partial charge in [-0.25, -0.2) is 0 Å². The Bertz CT molecular complexity index is 580. The molecule has 1 aliphatic carbocycles. The topological polar surface area (TPSA) is 0 Å². The van der Waals surface area contributed by atoms with Gasteiger partial charge in [0.05, 0.1) is 0 Å². The van der Waals surface area contributed by atoms with E-state index in [2.05, 4.69) is 61.5 Å². The zero-order valence-electron chi connectivity index (χ0n) is 12.2. The van der Waals surface area contributed by atoms with E-state index in [-0.39, 0.29) is 0 Å². The van der Waals surface area contributed by atoms with Gasteiger partial charge in [-0.3, -0.25) is 0 Å². The number of hydrogen-bond acceptors (Lipinski definition) is 0. The second-order valence-corrected chi connectivity index (χ2v) is 5.77. The van der Waals surface area contributed by atoms with E-state index in [1.54, 1.807) is 5.57 Å². The van der Waals surface area contributed by atoms with E-state index in [1.807, 2.05) is 0 Å². The predicted molar refractivity (Wildman–Crippen MR) is 86.7 cm³/mol. The first-order chi connectivity index (χ1) is 9.84. The molecule has 0 bridgehead atoms. The maximum atomic E-state index is 2.28. The molecule has 20 heavy (non-hydrogen) atoms. The molecule has 1 saturated carbocycles. The van der Waals surface area contributed by atoms with Crippen LogP contribution in [0, 0.1) is 6.92 Å². The second kappa shape index (κ2) is 6.09. The van der Waals surface area contributed by atoms with E-state index in [9.17, 15) is 0 Å². The summed E-state index contributed by atoms with van der Waals surface area (Å²) in [4.78, 5) is 0. The molecule has 2 aromatic carbocycles. The van der Waals surface area contributed by atoms with Crippen LogP contribution in [0.3, 0.4) is 0 Å². The minimum atomic E-state index is 1.26. The van der Waals surface area contributed by atoms with Gasteiger partial charge >= 0.3 is 0 Å². The molecule has 0 radical (unpaired) electrons. The molecule has 0 nitrogen and oxygen atoms in total. The van der Waals surface area contributed by atoms with Crippen LogP contribution in [0.2, 0.25) is 0 Å². The molecule has 2 aromatic rings. The minimum absolute atomic E-state index is 1.26. The zero-order valence-corrected chi connectivity index (χ0v) is 12.2. The minimum Gasteiger partial charge on any atom is -0.0622 e. The molecule has 0 heterocycles. The van der Waals surface area contributed by atoms with Crippen molar-refractivity contribution in [2.45, 2.75) is 39.0 Å². The average molecular weight is 262 g/mol. The fourth-order valence-corrected chi connectivity index (χ4v) is 3.13. The maximum Gasteiger partial charge on any atom is -0.0119 e. The van der Waals surface area contributed by atoms with Crippen LogP contribution < -0.4 is 0 Å². The van der Waals surface area contributed by atoms with Gasteiger partial charge in [0.1, 0.15) is 0 Å². The summed E-state index contributed by atoms with van der Waals surface area (Å²) in [5.74, 6) is 0. The van der Waals surface area contributed by atoms with E-state index in [1.165, 1.54) is 54.4 Å². The molecule has 0 saturated heterocycles. The highest BCUT2D eigenvalue weighted by atomic mass is 14.2. The maximum absolute atomic E-state index is 2.28. The summed E-state index contributed by atoms with van der Waals surface area (Å²) in [6.45, 7) is 2.15. The van der Waals surface area contributed by atoms with E-state index in [0.29, 0.717) is 0 Å². The van der Waals surface area contributed by atoms with Gasteiger partial charge < -0.3 is 0 Å². The van der Waals surface area contributed by atoms with E-state index < -0.39 is 0 Å². The van der Waals surface area contributed by atoms with Crippen LogP contribution in [0.5, 0.6) is 0 Å². The molecular formula is C20H22. The lowest BCUT2D eigenvalue weighted by Crippen LogP contribution is -2.00. The monoisotopic (exact) mass is 262 g/mol. The zero-order chi connectivity index (χ0) is 13.8. The molecule has 0 spiro atoms. The van der Waals surface area contributed by atoms with Crippen molar-refractivity contribution >= 4 is 5.57 Å². The van der Waals surface area contributed by atoms with Crippen LogP contribution in [-0.2, 0) is 0 Å². The third kappa shape index (κ3) is 2.85. The molecule has 1 aliphatic rings. The molecule has 3 rings (SSSR count). The first-order valence-electron chi connectivity index (χ1n) is 7.69. The van der Waals surface area contributed by atoms with Gasteiger partial charge in [-0.1, -0.05) is 72.2 Å². The standard InChI is InChI=1S/C20H22/c1-16-12-14-19(15-13-16)20(17-8-4-2-5-9-17)18-10-6-3-7-11-18/h2,4-5,8-9,12-15H,3,6-7,10-11H2,1H3. The highest BCUT2D eigenvalue weighted by molar-refractivity contribution is 5.82. The van der Waals surface area contributed by atoms with Crippen molar-refractivity contribution in [3.63, 3.8) is 0 Å². The molecule has 0 unspecified atom stereocenters. The van der Waals surface area contributed by atoms with Crippen LogP contribution in [0.1, 0.15) is 48.8 Å². The van der Waals surface area contributed by atoms with E-state index in [0.717, 1.165) is 0 Å². The lowest BCUT2D eigenvalue weighted by molar-refractivity contribution is 0.601. The van der Waals surface area contributed by atoms with Crippen LogP contribution in [0.15, 0.2) is 60.2 Å². The molecule has 0 aromatic heterocycles. The van der Waals surface area contributed by atoms with Gasteiger partial charge in [-0.05, 0) is 49.3 Å². The highest BCUT2D eigenvalue weighted by Gasteiger charge is 2.14. The number of allylic oxidation sites excluding steroid dienone is 1. The van der Waals surface area contributed by atoms with Gasteiger partial charge in [0, 0.05) is 0 Å². The summed E-state index contributed by atoms with van der Waals surface area (Å²) in [6.07, 6.45) is 6.60. The number of aryl methyl sites for hydroxylation is 1. The number of rotatable bonds is 2. The molecule has 0 amide bonds. The number of benzene rings is 2. The fourth-order valence-electron chi connectivity index (χ4n) is 3.13. The summed E-state index contributed by atoms with van der Waals surface area (Å²) in [6, 6.07) is 19.9. The first-order valence-corrected chi connectivity index (χ1v) is 7.69. The Balaban J connectivity index is 2.10. The fraction of sp³-hybridized carbons (Fsp3) is 0.300. The lowest BCUT2D eigenvalue weighted by atomic mass is 9.85. The van der Waals surface area contributed by atoms with Crippen molar-refractivity contribution in [1.82, 2.24) is 0 Å². The van der Waals surface area contributed by atoms with Crippen LogP contribution >= 0.6 is 0 Å². The largest absolute Gasteiger partial charge is 0.0622 e. The Morgan fingerprint density at radius 2 is 1.30 bits per heavy atom. The number of hydrogen-bond donors (Lipinski definition) is 0. The summed E-state index contributed by atoms with van der Waals surface area (Å²) >= 11 is 0. The Morgan fingerprint density at radius 1 is 0.700 bits per heavy atom. The summed E-state index contributed by atoms with van der Waals surface area (Å²) in [7, 11) is 0. The molecule has 0 heteroatoms. The van der Waals surface area contributed by atoms with Crippen molar-refractivity contribution < 1.29 is 0 Å². The second-order valence-electron chi connectivity index (χ2n) is 5.77. The average Bonchev–Trinajstić information content (AvgIpc) is 2.52. The molecule has 0 N–H and O–H groups in total. The molecule has 0 aliphatic heterocycles. The SMILES string of the molecule is Cc1ccc(C(=C2CCCCC2)c2ccccc2)cc1. The van der Waals surface area contributed by atoms with Crippen molar-refractivity contribution in [1.29, 1.82) is 0 Å². The van der Waals surface area contributed by atoms with Gasteiger partial charge in [0.2, 0.25) is 0 Å². The van der Waals surface area contributed by atoms with Crippen molar-refractivity contribution in [2.75, 3.05) is 0 Å². The molecule has 0 atom stereocenters. The molecule has 1 fully saturated rings. The third-order valence-corrected chi connectivity index (χ3v) is 4.21. The van der Waals surface area contributed by atoms with E-state index >= 15 is 0 Å². The van der Waals surface area contributed by atoms with Crippen LogP contribution in [0.25, 0.3) is 5.57 Å². The lowest BCUT2D eigenvalue weighted by Gasteiger charge is -2.20. The van der Waals surface area contributed by atoms with Crippen molar-refractivity contribution in [3.8, 4) is 0 Å². The Kier molecular flexibility index (Phi) is 4.01. The normalized spacial score (nSPS) is 15.2. The molecule has 102 valence electrons. The summed E-state index contributed by atoms with van der Waals surface area (Å²) < 4.78 is 0. The quantitative estimate of drug-likeness (QED) is 0.645. The van der Waals surface area contributed by atoms with Gasteiger partial charge in [0.25, 0.3) is 0 Å². The first kappa shape index (κ1) is 13.2. The highest BCUT2D eigenvalue weighted by Crippen LogP contribution is 2.34. The Labute approximate surface area is 122 Å². The van der Waals surface area contributed by atoms with Crippen molar-refractivity contribution in [3.05, 3.63) is 76.9 Å². The van der Waals surface area contributed by atoms with Gasteiger partial charge in [-0.15, -0.1) is 0 Å². The summed E-state index contributed by atoms with van der Waals surface area (Å²) in [5, 5.41) is 0. The van der Waals surface area contributed by atoms with Gasteiger partial charge in [-0.2, -0.15) is 0 Å².